The lowest BCUT2D eigenvalue weighted by atomic mass is 9.83. The number of ketones is 1. The zero-order valence-electron chi connectivity index (χ0n) is 16.3. The van der Waals surface area contributed by atoms with E-state index in [1.807, 2.05) is 20.8 Å². The third kappa shape index (κ3) is 9.87. The predicted octanol–water partition coefficient (Wildman–Crippen LogP) is 2.08. The summed E-state index contributed by atoms with van der Waals surface area (Å²) in [5.74, 6) is 0.325. The minimum atomic E-state index is -0.169. The van der Waals surface area contributed by atoms with Crippen LogP contribution >= 0.6 is 0 Å². The van der Waals surface area contributed by atoms with Crippen LogP contribution in [0.3, 0.4) is 0 Å². The third-order valence-electron chi connectivity index (χ3n) is 4.49. The molecule has 0 aromatic heterocycles. The number of rotatable bonds is 12. The highest BCUT2D eigenvalue weighted by Crippen LogP contribution is 2.25. The predicted molar refractivity (Wildman–Crippen MR) is 103 cm³/mol. The van der Waals surface area contributed by atoms with Crippen LogP contribution in [0.2, 0.25) is 0 Å². The highest BCUT2D eigenvalue weighted by Gasteiger charge is 2.25. The molecule has 0 spiro atoms. The summed E-state index contributed by atoms with van der Waals surface area (Å²) in [5, 5.41) is 5.71. The first-order valence-electron chi connectivity index (χ1n) is 9.70. The van der Waals surface area contributed by atoms with Gasteiger partial charge in [0.15, 0.2) is 0 Å². The van der Waals surface area contributed by atoms with E-state index < -0.39 is 0 Å². The molecule has 0 aliphatic heterocycles. The fourth-order valence-electron chi connectivity index (χ4n) is 2.97. The van der Waals surface area contributed by atoms with Crippen molar-refractivity contribution in [3.8, 4) is 0 Å². The summed E-state index contributed by atoms with van der Waals surface area (Å²) in [6, 6.07) is 0.170. The number of Topliss-reactive ketones (excluding diaryl/α,β-unsaturated/α-hetero) is 1. The quantitative estimate of drug-likeness (QED) is 0.510. The molecule has 1 fully saturated rings. The Balaban J connectivity index is 0. The van der Waals surface area contributed by atoms with E-state index >= 15 is 0 Å². The van der Waals surface area contributed by atoms with Crippen molar-refractivity contribution in [3.63, 3.8) is 0 Å². The molecule has 0 unspecified atom stereocenters. The molecule has 1 saturated carbocycles. The second-order valence-electron chi connectivity index (χ2n) is 7.01. The van der Waals surface area contributed by atoms with Crippen molar-refractivity contribution in [2.24, 2.45) is 5.92 Å². The van der Waals surface area contributed by atoms with Gasteiger partial charge in [0.2, 0.25) is 11.8 Å². The molecule has 1 aliphatic carbocycles. The van der Waals surface area contributed by atoms with Gasteiger partial charge in [-0.3, -0.25) is 14.4 Å². The lowest BCUT2D eigenvalue weighted by Gasteiger charge is -2.28. The number of hydrogen-bond acceptors (Lipinski definition) is 5. The molecule has 7 nitrogen and oxygen atoms in total. The van der Waals surface area contributed by atoms with E-state index in [9.17, 15) is 14.4 Å². The molecule has 154 valence electrons. The van der Waals surface area contributed by atoms with Gasteiger partial charge in [-0.1, -0.05) is 6.92 Å². The van der Waals surface area contributed by atoms with Gasteiger partial charge in [-0.05, 0) is 39.5 Å². The fraction of sp³-hybridized carbons (Fsp3) is 0.842. The molecule has 1 aliphatic rings. The Labute approximate surface area is 159 Å². The maximum atomic E-state index is 11.9. The van der Waals surface area contributed by atoms with Crippen molar-refractivity contribution < 1.29 is 26.7 Å². The molecule has 0 bridgehead atoms. The van der Waals surface area contributed by atoms with E-state index in [-0.39, 0.29) is 39.3 Å². The Kier molecular flexibility index (Phi) is 11.1. The standard InChI is InChI=1S/C19H34N2O5.2H2/c1-4-17(22)15-5-7-16(8-6-15)21-18(23)9-11-25-12-10-20-19(24)13-26-14(2)3;;/h14-16H,4-13H2,1-3H3,(H,20,24)(H,21,23);2*1H. The Morgan fingerprint density at radius 1 is 1.08 bits per heavy atom. The van der Waals surface area contributed by atoms with Crippen molar-refractivity contribution in [3.05, 3.63) is 0 Å². The maximum Gasteiger partial charge on any atom is 0.246 e. The van der Waals surface area contributed by atoms with Crippen LogP contribution in [0, 0.1) is 5.92 Å². The van der Waals surface area contributed by atoms with Gasteiger partial charge in [0.1, 0.15) is 12.4 Å². The SMILES string of the molecule is CCC(=O)C1CCC(NC(=O)CCOCCNC(=O)COC(C)C)CC1.[HH].[HH]. The van der Waals surface area contributed by atoms with Crippen molar-refractivity contribution in [2.45, 2.75) is 71.4 Å². The van der Waals surface area contributed by atoms with Crippen LogP contribution in [0.1, 0.15) is 62.1 Å². The molecule has 0 radical (unpaired) electrons. The topological polar surface area (TPSA) is 93.7 Å². The molecule has 7 heteroatoms. The van der Waals surface area contributed by atoms with E-state index in [0.717, 1.165) is 25.7 Å². The first kappa shape index (κ1) is 22.6. The lowest BCUT2D eigenvalue weighted by molar-refractivity contribution is -0.128. The number of amides is 2. The van der Waals surface area contributed by atoms with Gasteiger partial charge in [0, 0.05) is 34.2 Å². The summed E-state index contributed by atoms with van der Waals surface area (Å²) >= 11 is 0. The smallest absolute Gasteiger partial charge is 0.246 e. The van der Waals surface area contributed by atoms with E-state index in [1.54, 1.807) is 0 Å². The summed E-state index contributed by atoms with van der Waals surface area (Å²) in [5.41, 5.74) is 0. The molecule has 0 aromatic carbocycles. The summed E-state index contributed by atoms with van der Waals surface area (Å²) in [6.07, 6.45) is 4.41. The van der Waals surface area contributed by atoms with Crippen LogP contribution in [-0.2, 0) is 23.9 Å². The van der Waals surface area contributed by atoms with Gasteiger partial charge in [0.25, 0.3) is 0 Å². The largest absolute Gasteiger partial charge is 0.379 e. The Morgan fingerprint density at radius 2 is 1.77 bits per heavy atom. The molecule has 0 aromatic rings. The summed E-state index contributed by atoms with van der Waals surface area (Å²) in [4.78, 5) is 35.0. The highest BCUT2D eigenvalue weighted by molar-refractivity contribution is 5.81. The maximum absolute atomic E-state index is 11.9. The minimum Gasteiger partial charge on any atom is -0.379 e. The monoisotopic (exact) mass is 374 g/mol. The molecule has 2 amide bonds. The second kappa shape index (κ2) is 12.8. The zero-order chi connectivity index (χ0) is 19.4. The van der Waals surface area contributed by atoms with Gasteiger partial charge in [0.05, 0.1) is 19.3 Å². The lowest BCUT2D eigenvalue weighted by Crippen LogP contribution is -2.39. The van der Waals surface area contributed by atoms with Crippen molar-refractivity contribution >= 4 is 17.6 Å². The molecule has 0 atom stereocenters. The Hall–Kier alpha value is -1.47. The first-order valence-corrected chi connectivity index (χ1v) is 9.70. The normalized spacial score (nSPS) is 20.0. The zero-order valence-corrected chi connectivity index (χ0v) is 16.3. The van der Waals surface area contributed by atoms with Gasteiger partial charge in [-0.25, -0.2) is 0 Å². The molecular weight excluding hydrogens is 336 g/mol. The Bertz CT molecular complexity index is 456. The van der Waals surface area contributed by atoms with Crippen LogP contribution < -0.4 is 10.6 Å². The molecule has 26 heavy (non-hydrogen) atoms. The van der Waals surface area contributed by atoms with Crippen molar-refractivity contribution in [2.75, 3.05) is 26.4 Å². The van der Waals surface area contributed by atoms with Crippen molar-refractivity contribution in [1.29, 1.82) is 0 Å². The number of ether oxygens (including phenoxy) is 2. The number of nitrogens with one attached hydrogen (secondary N) is 2. The second-order valence-corrected chi connectivity index (χ2v) is 7.01. The van der Waals surface area contributed by atoms with Gasteiger partial charge >= 0.3 is 0 Å². The fourth-order valence-corrected chi connectivity index (χ4v) is 2.97. The van der Waals surface area contributed by atoms with Gasteiger partial charge in [-0.15, -0.1) is 0 Å². The van der Waals surface area contributed by atoms with Crippen LogP contribution in [-0.4, -0.2) is 56.1 Å². The Morgan fingerprint density at radius 3 is 2.38 bits per heavy atom. The van der Waals surface area contributed by atoms with E-state index in [0.29, 0.717) is 38.4 Å². The van der Waals surface area contributed by atoms with E-state index in [2.05, 4.69) is 10.6 Å². The number of carbonyl (C=O) groups excluding carboxylic acids is 3. The summed E-state index contributed by atoms with van der Waals surface area (Å²) < 4.78 is 10.6. The molecule has 2 N–H and O–H groups in total. The first-order chi connectivity index (χ1) is 12.4. The number of hydrogen-bond donors (Lipinski definition) is 2. The molecule has 0 saturated heterocycles. The van der Waals surface area contributed by atoms with Crippen LogP contribution in [0.25, 0.3) is 0 Å². The van der Waals surface area contributed by atoms with Gasteiger partial charge < -0.3 is 20.1 Å². The van der Waals surface area contributed by atoms with E-state index in [4.69, 9.17) is 9.47 Å². The van der Waals surface area contributed by atoms with Crippen LogP contribution in [0.4, 0.5) is 0 Å². The molecular formula is C19H38N2O5. The summed E-state index contributed by atoms with van der Waals surface area (Å²) in [6.45, 7) is 6.79. The molecule has 0 heterocycles. The van der Waals surface area contributed by atoms with Crippen LogP contribution in [0.15, 0.2) is 0 Å². The summed E-state index contributed by atoms with van der Waals surface area (Å²) in [7, 11) is 0. The van der Waals surface area contributed by atoms with Crippen LogP contribution in [0.5, 0.6) is 0 Å². The average Bonchev–Trinajstić information content (AvgIpc) is 2.62. The minimum absolute atomic E-state index is 0. The van der Waals surface area contributed by atoms with Crippen molar-refractivity contribution in [1.82, 2.24) is 10.6 Å². The van der Waals surface area contributed by atoms with E-state index in [1.165, 1.54) is 0 Å². The third-order valence-corrected chi connectivity index (χ3v) is 4.49. The van der Waals surface area contributed by atoms with Gasteiger partial charge in [-0.2, -0.15) is 0 Å². The average molecular weight is 375 g/mol. The number of carbonyl (C=O) groups is 3. The highest BCUT2D eigenvalue weighted by atomic mass is 16.5. The molecule has 1 rings (SSSR count).